The van der Waals surface area contributed by atoms with Crippen molar-refractivity contribution in [3.8, 4) is 0 Å². The Hall–Kier alpha value is -2.83. The van der Waals surface area contributed by atoms with Crippen LogP contribution < -0.4 is 10.6 Å². The van der Waals surface area contributed by atoms with E-state index in [0.717, 1.165) is 16.5 Å². The number of carboxylic acids is 1. The molecule has 176 valence electrons. The maximum atomic E-state index is 13.1. The molecular formula is C25H37N3O4. The van der Waals surface area contributed by atoms with Gasteiger partial charge >= 0.3 is 5.97 Å². The number of nitrogens with zero attached hydrogens (tertiary/aromatic N) is 1. The summed E-state index contributed by atoms with van der Waals surface area (Å²) < 4.78 is 2.16. The molecule has 0 aliphatic rings. The molecule has 0 saturated carbocycles. The zero-order valence-corrected chi connectivity index (χ0v) is 20.3. The summed E-state index contributed by atoms with van der Waals surface area (Å²) >= 11 is 0. The van der Waals surface area contributed by atoms with Crippen molar-refractivity contribution >= 4 is 28.7 Å². The summed E-state index contributed by atoms with van der Waals surface area (Å²) in [4.78, 5) is 36.6. The van der Waals surface area contributed by atoms with E-state index in [9.17, 15) is 19.5 Å². The third kappa shape index (κ3) is 6.84. The number of hydrogen-bond acceptors (Lipinski definition) is 3. The number of aliphatic carboxylic acids is 1. The number of rotatable bonds is 8. The molecule has 1 aromatic heterocycles. The molecule has 0 aliphatic carbocycles. The summed E-state index contributed by atoms with van der Waals surface area (Å²) in [5, 5.41) is 16.0. The van der Waals surface area contributed by atoms with Gasteiger partial charge in [-0.2, -0.15) is 0 Å². The molecule has 0 saturated heterocycles. The minimum absolute atomic E-state index is 0.0513. The third-order valence-corrected chi connectivity index (χ3v) is 5.43. The van der Waals surface area contributed by atoms with Gasteiger partial charge in [0.1, 0.15) is 12.1 Å². The number of fused-ring (bicyclic) bond motifs is 1. The van der Waals surface area contributed by atoms with Crippen molar-refractivity contribution < 1.29 is 19.5 Å². The molecular weight excluding hydrogens is 406 g/mol. The fourth-order valence-corrected chi connectivity index (χ4v) is 3.75. The second-order valence-electron chi connectivity index (χ2n) is 10.7. The van der Waals surface area contributed by atoms with Gasteiger partial charge in [-0.3, -0.25) is 9.59 Å². The molecule has 2 amide bonds. The Morgan fingerprint density at radius 3 is 2.16 bits per heavy atom. The van der Waals surface area contributed by atoms with E-state index in [0.29, 0.717) is 12.8 Å². The standard InChI is InChI=1S/C25H37N3O4/c1-16(29)26-20(22(30)27-19(23(31)32)12-13-24(2,3)4)14-17-15-28(25(5,6)7)21-11-9-8-10-18(17)21/h8-11,15,19-20H,12-14H2,1-7H3,(H,26,29)(H,27,30)(H,31,32). The van der Waals surface area contributed by atoms with Crippen LogP contribution in [0.3, 0.4) is 0 Å². The van der Waals surface area contributed by atoms with Gasteiger partial charge in [0.25, 0.3) is 0 Å². The monoisotopic (exact) mass is 443 g/mol. The lowest BCUT2D eigenvalue weighted by atomic mass is 9.88. The van der Waals surface area contributed by atoms with Gasteiger partial charge in [0.2, 0.25) is 11.8 Å². The predicted molar refractivity (Wildman–Crippen MR) is 126 cm³/mol. The van der Waals surface area contributed by atoms with Crippen LogP contribution in [-0.4, -0.2) is 39.5 Å². The molecule has 2 unspecified atom stereocenters. The maximum absolute atomic E-state index is 13.1. The van der Waals surface area contributed by atoms with E-state index in [1.807, 2.05) is 51.2 Å². The second kappa shape index (κ2) is 9.76. The van der Waals surface area contributed by atoms with Gasteiger partial charge in [0, 0.05) is 36.0 Å². The van der Waals surface area contributed by atoms with E-state index in [2.05, 4.69) is 36.0 Å². The molecule has 1 heterocycles. The number of carbonyl (C=O) groups is 3. The first-order valence-corrected chi connectivity index (χ1v) is 11.1. The molecule has 2 atom stereocenters. The highest BCUT2D eigenvalue weighted by Gasteiger charge is 2.29. The Morgan fingerprint density at radius 2 is 1.62 bits per heavy atom. The van der Waals surface area contributed by atoms with Gasteiger partial charge in [-0.05, 0) is 50.7 Å². The number of carbonyl (C=O) groups excluding carboxylic acids is 2. The van der Waals surface area contributed by atoms with Crippen LogP contribution in [0.1, 0.15) is 66.9 Å². The fraction of sp³-hybridized carbons (Fsp3) is 0.560. The maximum Gasteiger partial charge on any atom is 0.326 e. The van der Waals surface area contributed by atoms with Crippen LogP contribution in [0.4, 0.5) is 0 Å². The molecule has 1 aromatic carbocycles. The van der Waals surface area contributed by atoms with E-state index in [1.165, 1.54) is 6.92 Å². The molecule has 0 radical (unpaired) electrons. The minimum Gasteiger partial charge on any atom is -0.480 e. The number of benzene rings is 1. The van der Waals surface area contributed by atoms with Crippen molar-refractivity contribution in [2.75, 3.05) is 0 Å². The minimum atomic E-state index is -1.08. The van der Waals surface area contributed by atoms with Crippen LogP contribution in [0.15, 0.2) is 30.5 Å². The van der Waals surface area contributed by atoms with Crippen molar-refractivity contribution in [2.45, 2.75) is 85.4 Å². The number of nitrogens with one attached hydrogen (secondary N) is 2. The van der Waals surface area contributed by atoms with Crippen LogP contribution >= 0.6 is 0 Å². The summed E-state index contributed by atoms with van der Waals surface area (Å²) in [5.74, 6) is -1.91. The SMILES string of the molecule is CC(=O)NC(Cc1cn(C(C)(C)C)c2ccccc12)C(=O)NC(CCC(C)(C)C)C(=O)O. The Morgan fingerprint density at radius 1 is 1.00 bits per heavy atom. The zero-order valence-electron chi connectivity index (χ0n) is 20.3. The van der Waals surface area contributed by atoms with Gasteiger partial charge in [0.15, 0.2) is 0 Å². The van der Waals surface area contributed by atoms with E-state index in [1.54, 1.807) is 0 Å². The van der Waals surface area contributed by atoms with Gasteiger partial charge in [-0.1, -0.05) is 39.0 Å². The molecule has 0 fully saturated rings. The zero-order chi connectivity index (χ0) is 24.3. The van der Waals surface area contributed by atoms with Crippen molar-refractivity contribution in [1.82, 2.24) is 15.2 Å². The lowest BCUT2D eigenvalue weighted by Gasteiger charge is -2.24. The van der Waals surface area contributed by atoms with E-state index >= 15 is 0 Å². The van der Waals surface area contributed by atoms with Crippen molar-refractivity contribution in [3.05, 3.63) is 36.0 Å². The fourth-order valence-electron chi connectivity index (χ4n) is 3.75. The first-order chi connectivity index (χ1) is 14.7. The normalized spacial score (nSPS) is 14.1. The van der Waals surface area contributed by atoms with Crippen LogP contribution in [0, 0.1) is 5.41 Å². The second-order valence-corrected chi connectivity index (χ2v) is 10.7. The predicted octanol–water partition coefficient (Wildman–Crippen LogP) is 3.84. The molecule has 7 nitrogen and oxygen atoms in total. The topological polar surface area (TPSA) is 100 Å². The molecule has 0 aliphatic heterocycles. The number of aromatic nitrogens is 1. The molecule has 7 heteroatoms. The highest BCUT2D eigenvalue weighted by atomic mass is 16.4. The Balaban J connectivity index is 2.32. The highest BCUT2D eigenvalue weighted by molar-refractivity contribution is 5.91. The van der Waals surface area contributed by atoms with Crippen LogP contribution in [0.25, 0.3) is 10.9 Å². The summed E-state index contributed by atoms with van der Waals surface area (Å²) in [6, 6.07) is 6.07. The first-order valence-electron chi connectivity index (χ1n) is 11.1. The average Bonchev–Trinajstić information content (AvgIpc) is 3.02. The van der Waals surface area contributed by atoms with E-state index in [4.69, 9.17) is 0 Å². The molecule has 0 bridgehead atoms. The van der Waals surface area contributed by atoms with Gasteiger partial charge in [0.05, 0.1) is 0 Å². The summed E-state index contributed by atoms with van der Waals surface area (Å²) in [7, 11) is 0. The van der Waals surface area contributed by atoms with E-state index < -0.39 is 24.0 Å². The quantitative estimate of drug-likeness (QED) is 0.577. The molecule has 32 heavy (non-hydrogen) atoms. The number of hydrogen-bond donors (Lipinski definition) is 3. The number of amides is 2. The number of carboxylic acid groups (broad SMARTS) is 1. The molecule has 0 spiro atoms. The molecule has 2 aromatic rings. The summed E-state index contributed by atoms with van der Waals surface area (Å²) in [5.41, 5.74) is 1.76. The number of para-hydroxylation sites is 1. The van der Waals surface area contributed by atoms with Crippen LogP contribution in [0.2, 0.25) is 0 Å². The van der Waals surface area contributed by atoms with Crippen LogP contribution in [-0.2, 0) is 26.3 Å². The smallest absolute Gasteiger partial charge is 0.326 e. The van der Waals surface area contributed by atoms with Gasteiger partial charge in [-0.15, -0.1) is 0 Å². The Kier molecular flexibility index (Phi) is 7.75. The Labute approximate surface area is 190 Å². The lowest BCUT2D eigenvalue weighted by Crippen LogP contribution is -2.52. The van der Waals surface area contributed by atoms with Crippen molar-refractivity contribution in [1.29, 1.82) is 0 Å². The van der Waals surface area contributed by atoms with E-state index in [-0.39, 0.29) is 23.3 Å². The highest BCUT2D eigenvalue weighted by Crippen LogP contribution is 2.28. The molecule has 3 N–H and O–H groups in total. The lowest BCUT2D eigenvalue weighted by molar-refractivity contribution is -0.142. The summed E-state index contributed by atoms with van der Waals surface area (Å²) in [6.07, 6.45) is 3.25. The summed E-state index contributed by atoms with van der Waals surface area (Å²) in [6.45, 7) is 13.7. The van der Waals surface area contributed by atoms with Crippen LogP contribution in [0.5, 0.6) is 0 Å². The van der Waals surface area contributed by atoms with Crippen molar-refractivity contribution in [2.24, 2.45) is 5.41 Å². The third-order valence-electron chi connectivity index (χ3n) is 5.43. The van der Waals surface area contributed by atoms with Crippen molar-refractivity contribution in [3.63, 3.8) is 0 Å². The van der Waals surface area contributed by atoms with Gasteiger partial charge < -0.3 is 20.3 Å². The first kappa shape index (κ1) is 25.4. The van der Waals surface area contributed by atoms with Gasteiger partial charge in [-0.25, -0.2) is 4.79 Å². The average molecular weight is 444 g/mol. The molecule has 2 rings (SSSR count). The largest absolute Gasteiger partial charge is 0.480 e. The Bertz CT molecular complexity index is 979.